The predicted octanol–water partition coefficient (Wildman–Crippen LogP) is 1.60. The Hall–Kier alpha value is -0.960. The Labute approximate surface area is 69.1 Å². The molecule has 0 amide bonds. The predicted molar refractivity (Wildman–Crippen MR) is 45.5 cm³/mol. The van der Waals surface area contributed by atoms with Crippen LogP contribution >= 0.6 is 11.3 Å². The second-order valence-electron chi connectivity index (χ2n) is 2.38. The largest absolute Gasteiger partial charge is 0.238 e. The maximum atomic E-state index is 4.22. The molecular formula is C8H9N2S+. The molecule has 0 fully saturated rings. The van der Waals surface area contributed by atoms with Crippen molar-refractivity contribution in [2.75, 3.05) is 0 Å². The van der Waals surface area contributed by atoms with Crippen LogP contribution in [0.2, 0.25) is 0 Å². The highest BCUT2D eigenvalue weighted by atomic mass is 32.1. The van der Waals surface area contributed by atoms with Gasteiger partial charge in [0, 0.05) is 6.07 Å². The molecule has 0 aliphatic heterocycles. The molecule has 2 nitrogen and oxygen atoms in total. The highest BCUT2D eigenvalue weighted by Gasteiger charge is 2.01. The molecule has 3 heteroatoms. The summed E-state index contributed by atoms with van der Waals surface area (Å²) < 4.78 is 3.39. The van der Waals surface area contributed by atoms with Crippen LogP contribution in [0.5, 0.6) is 0 Å². The zero-order valence-corrected chi connectivity index (χ0v) is 7.14. The quantitative estimate of drug-likeness (QED) is 0.586. The van der Waals surface area contributed by atoms with Crippen molar-refractivity contribution in [1.82, 2.24) is 4.98 Å². The van der Waals surface area contributed by atoms with Gasteiger partial charge in [0.25, 0.3) is 0 Å². The van der Waals surface area contributed by atoms with Gasteiger partial charge in [0.1, 0.15) is 12.1 Å². The normalized spacial score (nSPS) is 10.6. The molecule has 2 heterocycles. The minimum absolute atomic E-state index is 1.01. The van der Waals surface area contributed by atoms with Gasteiger partial charge in [-0.05, 0) is 6.92 Å². The lowest BCUT2D eigenvalue weighted by atomic mass is 10.4. The molecule has 0 aromatic carbocycles. The molecule has 0 saturated heterocycles. The fraction of sp³-hybridized carbons (Fsp3) is 0.250. The summed E-state index contributed by atoms with van der Waals surface area (Å²) in [4.78, 5) is 4.22. The van der Waals surface area contributed by atoms with E-state index in [1.165, 1.54) is 4.70 Å². The van der Waals surface area contributed by atoms with Crippen molar-refractivity contribution in [3.8, 4) is 0 Å². The molecule has 0 aliphatic rings. The minimum Gasteiger partial charge on any atom is -0.238 e. The molecule has 0 spiro atoms. The van der Waals surface area contributed by atoms with E-state index in [9.17, 15) is 0 Å². The molecule has 2 aromatic heterocycles. The Kier molecular flexibility index (Phi) is 1.58. The van der Waals surface area contributed by atoms with Gasteiger partial charge in [-0.25, -0.2) is 9.55 Å². The first-order chi connectivity index (χ1) is 5.40. The van der Waals surface area contributed by atoms with E-state index in [0.29, 0.717) is 0 Å². The van der Waals surface area contributed by atoms with E-state index in [-0.39, 0.29) is 0 Å². The van der Waals surface area contributed by atoms with E-state index in [4.69, 9.17) is 0 Å². The summed E-state index contributed by atoms with van der Waals surface area (Å²) in [6, 6.07) is 2.11. The third-order valence-corrected chi connectivity index (χ3v) is 2.50. The minimum atomic E-state index is 1.01. The Bertz CT molecular complexity index is 367. The molecule has 0 saturated carbocycles. The van der Waals surface area contributed by atoms with E-state index >= 15 is 0 Å². The summed E-state index contributed by atoms with van der Waals surface area (Å²) in [6.07, 6.45) is 4.16. The number of hydrogen-bond acceptors (Lipinski definition) is 2. The van der Waals surface area contributed by atoms with Crippen LogP contribution in [0.15, 0.2) is 24.0 Å². The first kappa shape index (κ1) is 6.73. The fourth-order valence-corrected chi connectivity index (χ4v) is 1.69. The van der Waals surface area contributed by atoms with Gasteiger partial charge in [-0.2, -0.15) is 0 Å². The molecule has 0 bridgehead atoms. The SMILES string of the molecule is CC[n+]1ccc2scnc2c1. The maximum absolute atomic E-state index is 4.22. The summed E-state index contributed by atoms with van der Waals surface area (Å²) in [7, 11) is 0. The van der Waals surface area contributed by atoms with Crippen molar-refractivity contribution < 1.29 is 4.57 Å². The summed E-state index contributed by atoms with van der Waals surface area (Å²) in [5.41, 5.74) is 2.98. The molecule has 2 aromatic rings. The number of fused-ring (bicyclic) bond motifs is 1. The lowest BCUT2D eigenvalue weighted by molar-refractivity contribution is -0.692. The lowest BCUT2D eigenvalue weighted by Crippen LogP contribution is -2.30. The molecule has 0 atom stereocenters. The molecule has 56 valence electrons. The van der Waals surface area contributed by atoms with Crippen molar-refractivity contribution in [2.24, 2.45) is 0 Å². The Morgan fingerprint density at radius 2 is 2.55 bits per heavy atom. The van der Waals surface area contributed by atoms with Crippen LogP contribution in [0, 0.1) is 0 Å². The van der Waals surface area contributed by atoms with Crippen LogP contribution in [0.3, 0.4) is 0 Å². The zero-order chi connectivity index (χ0) is 7.68. The topological polar surface area (TPSA) is 16.8 Å². The van der Waals surface area contributed by atoms with Gasteiger partial charge in [0.2, 0.25) is 0 Å². The van der Waals surface area contributed by atoms with E-state index in [2.05, 4.69) is 34.9 Å². The second kappa shape index (κ2) is 2.58. The number of rotatable bonds is 1. The molecule has 2 rings (SSSR count). The van der Waals surface area contributed by atoms with Crippen LogP contribution in [0.1, 0.15) is 6.92 Å². The van der Waals surface area contributed by atoms with Crippen molar-refractivity contribution in [3.63, 3.8) is 0 Å². The molecule has 11 heavy (non-hydrogen) atoms. The second-order valence-corrected chi connectivity index (χ2v) is 3.26. The molecule has 0 unspecified atom stereocenters. The van der Waals surface area contributed by atoms with Gasteiger partial charge in [-0.3, -0.25) is 0 Å². The number of pyridine rings is 1. The lowest BCUT2D eigenvalue weighted by Gasteiger charge is -1.88. The van der Waals surface area contributed by atoms with Gasteiger partial charge in [0.15, 0.2) is 12.4 Å². The van der Waals surface area contributed by atoms with E-state index in [0.717, 1.165) is 12.1 Å². The molecular weight excluding hydrogens is 156 g/mol. The summed E-state index contributed by atoms with van der Waals surface area (Å²) >= 11 is 1.68. The number of nitrogens with zero attached hydrogens (tertiary/aromatic N) is 2. The third kappa shape index (κ3) is 1.12. The van der Waals surface area contributed by atoms with Crippen LogP contribution in [-0.4, -0.2) is 4.98 Å². The monoisotopic (exact) mass is 165 g/mol. The zero-order valence-electron chi connectivity index (χ0n) is 6.32. The van der Waals surface area contributed by atoms with Crippen LogP contribution in [0.25, 0.3) is 10.2 Å². The smallest absolute Gasteiger partial charge is 0.196 e. The van der Waals surface area contributed by atoms with Crippen molar-refractivity contribution in [2.45, 2.75) is 13.5 Å². The average molecular weight is 165 g/mol. The van der Waals surface area contributed by atoms with Crippen molar-refractivity contribution in [3.05, 3.63) is 24.0 Å². The highest BCUT2D eigenvalue weighted by molar-refractivity contribution is 7.16. The summed E-state index contributed by atoms with van der Waals surface area (Å²) in [6.45, 7) is 3.13. The molecule has 0 radical (unpaired) electrons. The standard InChI is InChI=1S/C8H9N2S/c1-2-10-4-3-8-7(5-10)9-6-11-8/h3-6H,2H2,1H3/q+1. The first-order valence-electron chi connectivity index (χ1n) is 3.62. The molecule has 0 N–H and O–H groups in total. The van der Waals surface area contributed by atoms with Gasteiger partial charge in [-0.15, -0.1) is 11.3 Å². The van der Waals surface area contributed by atoms with E-state index in [1.54, 1.807) is 11.3 Å². The molecule has 0 aliphatic carbocycles. The van der Waals surface area contributed by atoms with Crippen LogP contribution < -0.4 is 4.57 Å². The number of hydrogen-bond donors (Lipinski definition) is 0. The first-order valence-corrected chi connectivity index (χ1v) is 4.50. The van der Waals surface area contributed by atoms with Crippen LogP contribution in [-0.2, 0) is 6.54 Å². The number of aryl methyl sites for hydroxylation is 1. The Morgan fingerprint density at radius 3 is 3.36 bits per heavy atom. The van der Waals surface area contributed by atoms with Gasteiger partial charge in [-0.1, -0.05) is 0 Å². The Balaban J connectivity index is 2.67. The summed E-state index contributed by atoms with van der Waals surface area (Å²) in [5, 5.41) is 0. The summed E-state index contributed by atoms with van der Waals surface area (Å²) in [5.74, 6) is 0. The van der Waals surface area contributed by atoms with Crippen LogP contribution in [0.4, 0.5) is 0 Å². The van der Waals surface area contributed by atoms with Crippen molar-refractivity contribution in [1.29, 1.82) is 0 Å². The van der Waals surface area contributed by atoms with E-state index in [1.807, 2.05) is 5.51 Å². The van der Waals surface area contributed by atoms with Gasteiger partial charge >= 0.3 is 0 Å². The third-order valence-electron chi connectivity index (χ3n) is 1.69. The fourth-order valence-electron chi connectivity index (χ4n) is 1.05. The van der Waals surface area contributed by atoms with Crippen molar-refractivity contribution >= 4 is 21.6 Å². The number of thiazole rings is 1. The van der Waals surface area contributed by atoms with Gasteiger partial charge < -0.3 is 0 Å². The number of aromatic nitrogens is 2. The van der Waals surface area contributed by atoms with Gasteiger partial charge in [0.05, 0.1) is 10.2 Å². The maximum Gasteiger partial charge on any atom is 0.196 e. The highest BCUT2D eigenvalue weighted by Crippen LogP contribution is 2.13. The Morgan fingerprint density at radius 1 is 1.64 bits per heavy atom. The van der Waals surface area contributed by atoms with E-state index < -0.39 is 0 Å². The average Bonchev–Trinajstić information content (AvgIpc) is 2.50.